The summed E-state index contributed by atoms with van der Waals surface area (Å²) in [6.07, 6.45) is 3.68. The number of rotatable bonds is 7. The first-order chi connectivity index (χ1) is 28.3. The number of hydrogen-bond donors (Lipinski definition) is 0. The van der Waals surface area contributed by atoms with E-state index in [1.165, 1.54) is 82.7 Å². The van der Waals surface area contributed by atoms with Gasteiger partial charge in [0.1, 0.15) is 0 Å². The normalized spacial score (nSPS) is 11.5. The third-order valence-corrected chi connectivity index (χ3v) is 11.5. The molecule has 1 aliphatic rings. The predicted octanol–water partition coefficient (Wildman–Crippen LogP) is 15.2. The summed E-state index contributed by atoms with van der Waals surface area (Å²) in [6.45, 7) is 0. The Morgan fingerprint density at radius 1 is 0.263 bits per heavy atom. The molecule has 0 atom stereocenters. The second-order valence-electron chi connectivity index (χ2n) is 14.7. The van der Waals surface area contributed by atoms with Crippen LogP contribution in [0.3, 0.4) is 0 Å². The molecule has 1 aromatic heterocycles. The van der Waals surface area contributed by atoms with Crippen LogP contribution >= 0.6 is 0 Å². The first kappa shape index (κ1) is 32.8. The van der Waals surface area contributed by atoms with Crippen LogP contribution < -0.4 is 4.90 Å². The lowest BCUT2D eigenvalue weighted by Crippen LogP contribution is -2.09. The summed E-state index contributed by atoms with van der Waals surface area (Å²) in [4.78, 5) is 6.52. The van der Waals surface area contributed by atoms with Gasteiger partial charge >= 0.3 is 0 Å². The molecule has 11 rings (SSSR count). The lowest BCUT2D eigenvalue weighted by atomic mass is 9.82. The molecular formula is C55H36N2. The number of benzene rings is 9. The molecule has 266 valence electrons. The quantitative estimate of drug-likeness (QED) is 0.163. The molecule has 2 heteroatoms. The molecule has 2 nitrogen and oxygen atoms in total. The molecule has 0 saturated heterocycles. The zero-order valence-corrected chi connectivity index (χ0v) is 31.2. The van der Waals surface area contributed by atoms with E-state index in [2.05, 4.69) is 204 Å². The van der Waals surface area contributed by atoms with E-state index in [0.717, 1.165) is 22.6 Å². The SMILES string of the molecule is c1ccc(-c2c3c(c(-c4ccccc4)c4ccccc24)-c2ccc(-c4ccc(N(c5ccccc5)c5ccc(-c6ccncc6)cc5)cc4)c4cccc-3c24)cc1. The number of nitrogens with zero attached hydrogens (tertiary/aromatic N) is 2. The topological polar surface area (TPSA) is 16.1 Å². The fourth-order valence-electron chi connectivity index (χ4n) is 9.02. The van der Waals surface area contributed by atoms with Gasteiger partial charge in [-0.05, 0) is 137 Å². The van der Waals surface area contributed by atoms with Crippen LogP contribution in [0.15, 0.2) is 219 Å². The standard InChI is InChI=1S/C55H36N2/c1-4-13-40(14-5-1)51-47-19-10-11-20-48(47)52(41-15-6-2-7-16-41)55-50-32-31-45(46-21-12-22-49(53(46)50)54(51)55)39-25-29-44(30-26-39)57(42-17-8-3-9-18-42)43-27-23-37(24-28-43)38-33-35-56-36-34-38/h1-36H. The Labute approximate surface area is 332 Å². The number of anilines is 3. The summed E-state index contributed by atoms with van der Waals surface area (Å²) in [5, 5.41) is 5.13. The van der Waals surface area contributed by atoms with Gasteiger partial charge in [0.25, 0.3) is 0 Å². The lowest BCUT2D eigenvalue weighted by molar-refractivity contribution is 1.28. The third kappa shape index (κ3) is 5.45. The Balaban J connectivity index is 1.07. The lowest BCUT2D eigenvalue weighted by Gasteiger charge is -2.26. The van der Waals surface area contributed by atoms with E-state index >= 15 is 0 Å². The van der Waals surface area contributed by atoms with E-state index < -0.39 is 0 Å². The summed E-state index contributed by atoms with van der Waals surface area (Å²) >= 11 is 0. The number of pyridine rings is 1. The molecule has 1 heterocycles. The molecule has 57 heavy (non-hydrogen) atoms. The number of hydrogen-bond acceptors (Lipinski definition) is 2. The van der Waals surface area contributed by atoms with Gasteiger partial charge in [-0.25, -0.2) is 0 Å². The van der Waals surface area contributed by atoms with Crippen LogP contribution in [0.5, 0.6) is 0 Å². The van der Waals surface area contributed by atoms with Crippen LogP contribution in [-0.4, -0.2) is 4.98 Å². The summed E-state index contributed by atoms with van der Waals surface area (Å²) < 4.78 is 0. The minimum Gasteiger partial charge on any atom is -0.311 e. The van der Waals surface area contributed by atoms with Gasteiger partial charge in [-0.3, -0.25) is 4.98 Å². The van der Waals surface area contributed by atoms with Crippen molar-refractivity contribution in [3.63, 3.8) is 0 Å². The van der Waals surface area contributed by atoms with E-state index in [9.17, 15) is 0 Å². The second-order valence-corrected chi connectivity index (χ2v) is 14.7. The highest BCUT2D eigenvalue weighted by molar-refractivity contribution is 6.28. The summed E-state index contributed by atoms with van der Waals surface area (Å²) in [5.74, 6) is 0. The Kier molecular flexibility index (Phi) is 7.86. The van der Waals surface area contributed by atoms with E-state index in [0.29, 0.717) is 0 Å². The van der Waals surface area contributed by atoms with Crippen molar-refractivity contribution in [1.82, 2.24) is 4.98 Å². The van der Waals surface area contributed by atoms with Crippen molar-refractivity contribution < 1.29 is 0 Å². The van der Waals surface area contributed by atoms with E-state index in [4.69, 9.17) is 0 Å². The molecule has 0 N–H and O–H groups in total. The second kappa shape index (κ2) is 13.6. The third-order valence-electron chi connectivity index (χ3n) is 11.5. The van der Waals surface area contributed by atoms with Crippen LogP contribution in [-0.2, 0) is 0 Å². The van der Waals surface area contributed by atoms with Gasteiger partial charge in [0.15, 0.2) is 0 Å². The van der Waals surface area contributed by atoms with Crippen molar-refractivity contribution in [1.29, 1.82) is 0 Å². The first-order valence-corrected chi connectivity index (χ1v) is 19.5. The fraction of sp³-hybridized carbons (Fsp3) is 0. The highest BCUT2D eigenvalue weighted by Crippen LogP contribution is 2.58. The maximum atomic E-state index is 4.19. The van der Waals surface area contributed by atoms with Crippen molar-refractivity contribution in [2.24, 2.45) is 0 Å². The molecule has 0 spiro atoms. The highest BCUT2D eigenvalue weighted by Gasteiger charge is 2.31. The van der Waals surface area contributed by atoms with Crippen molar-refractivity contribution >= 4 is 38.6 Å². The van der Waals surface area contributed by atoms with Crippen molar-refractivity contribution in [2.45, 2.75) is 0 Å². The largest absolute Gasteiger partial charge is 0.311 e. The molecule has 0 saturated carbocycles. The van der Waals surface area contributed by atoms with Crippen LogP contribution in [0, 0.1) is 0 Å². The van der Waals surface area contributed by atoms with Crippen LogP contribution in [0.25, 0.3) is 88.3 Å². The molecule has 1 aliphatic carbocycles. The Morgan fingerprint density at radius 2 is 0.702 bits per heavy atom. The molecule has 0 bridgehead atoms. The number of fused-ring (bicyclic) bond motifs is 4. The maximum absolute atomic E-state index is 4.19. The van der Waals surface area contributed by atoms with Crippen molar-refractivity contribution in [3.8, 4) is 66.8 Å². The Morgan fingerprint density at radius 3 is 1.28 bits per heavy atom. The number of aromatic nitrogens is 1. The average Bonchev–Trinajstić information content (AvgIpc) is 3.62. The van der Waals surface area contributed by atoms with Crippen LogP contribution in [0.4, 0.5) is 17.1 Å². The molecular weight excluding hydrogens is 689 g/mol. The highest BCUT2D eigenvalue weighted by atomic mass is 15.1. The molecule has 9 aromatic carbocycles. The summed E-state index contributed by atoms with van der Waals surface area (Å²) in [7, 11) is 0. The molecule has 0 aliphatic heterocycles. The van der Waals surface area contributed by atoms with E-state index in [1.54, 1.807) is 0 Å². The molecule has 0 radical (unpaired) electrons. The Bertz CT molecular complexity index is 2970. The van der Waals surface area contributed by atoms with Gasteiger partial charge in [0.05, 0.1) is 0 Å². The van der Waals surface area contributed by atoms with Gasteiger partial charge in [-0.1, -0.05) is 158 Å². The molecule has 0 unspecified atom stereocenters. The minimum absolute atomic E-state index is 1.10. The smallest absolute Gasteiger partial charge is 0.0462 e. The Hall–Kier alpha value is -7.55. The van der Waals surface area contributed by atoms with E-state index in [1.807, 2.05) is 24.5 Å². The van der Waals surface area contributed by atoms with Gasteiger partial charge < -0.3 is 4.90 Å². The maximum Gasteiger partial charge on any atom is 0.0462 e. The minimum atomic E-state index is 1.10. The molecule has 10 aromatic rings. The zero-order chi connectivity index (χ0) is 37.7. The fourth-order valence-corrected chi connectivity index (χ4v) is 9.02. The van der Waals surface area contributed by atoms with Gasteiger partial charge in [0, 0.05) is 29.5 Å². The van der Waals surface area contributed by atoms with Gasteiger partial charge in [-0.2, -0.15) is 0 Å². The monoisotopic (exact) mass is 724 g/mol. The summed E-state index contributed by atoms with van der Waals surface area (Å²) in [6, 6.07) is 75.0. The van der Waals surface area contributed by atoms with E-state index in [-0.39, 0.29) is 0 Å². The van der Waals surface area contributed by atoms with Crippen molar-refractivity contribution in [3.05, 3.63) is 219 Å². The average molecular weight is 725 g/mol. The van der Waals surface area contributed by atoms with Crippen LogP contribution in [0.2, 0.25) is 0 Å². The van der Waals surface area contributed by atoms with Crippen molar-refractivity contribution in [2.75, 3.05) is 4.90 Å². The number of para-hydroxylation sites is 1. The predicted molar refractivity (Wildman–Crippen MR) is 240 cm³/mol. The molecule has 0 fully saturated rings. The van der Waals surface area contributed by atoms with Gasteiger partial charge in [-0.15, -0.1) is 0 Å². The zero-order valence-electron chi connectivity index (χ0n) is 31.2. The summed E-state index contributed by atoms with van der Waals surface area (Å²) in [5.41, 5.74) is 18.4. The first-order valence-electron chi connectivity index (χ1n) is 19.5. The van der Waals surface area contributed by atoms with Crippen LogP contribution in [0.1, 0.15) is 0 Å². The molecule has 0 amide bonds. The van der Waals surface area contributed by atoms with Gasteiger partial charge in [0.2, 0.25) is 0 Å².